The SMILES string of the molecule is CCS(=O)(=O)N(C)CC(=O)N[C@H](c1ccccc1C)C1CC1. The third kappa shape index (κ3) is 4.08. The summed E-state index contributed by atoms with van der Waals surface area (Å²) in [5.74, 6) is 0.207. The Kier molecular flexibility index (Phi) is 5.24. The number of rotatable bonds is 7. The number of likely N-dealkylation sites (N-methyl/N-ethyl adjacent to an activating group) is 1. The van der Waals surface area contributed by atoms with Gasteiger partial charge in [-0.15, -0.1) is 0 Å². The molecule has 5 nitrogen and oxygen atoms in total. The fourth-order valence-corrected chi connectivity index (χ4v) is 3.31. The number of hydrogen-bond acceptors (Lipinski definition) is 3. The molecular formula is C16H24N2O3S. The lowest BCUT2D eigenvalue weighted by Gasteiger charge is -2.22. The molecule has 1 amide bonds. The summed E-state index contributed by atoms with van der Waals surface area (Å²) in [7, 11) is -1.89. The highest BCUT2D eigenvalue weighted by molar-refractivity contribution is 7.89. The summed E-state index contributed by atoms with van der Waals surface area (Å²) >= 11 is 0. The van der Waals surface area contributed by atoms with E-state index in [4.69, 9.17) is 0 Å². The first-order valence-corrected chi connectivity index (χ1v) is 9.25. The summed E-state index contributed by atoms with van der Waals surface area (Å²) in [5.41, 5.74) is 2.27. The van der Waals surface area contributed by atoms with Gasteiger partial charge in [0, 0.05) is 7.05 Å². The van der Waals surface area contributed by atoms with Gasteiger partial charge >= 0.3 is 0 Å². The highest BCUT2D eigenvalue weighted by Gasteiger charge is 2.34. The quantitative estimate of drug-likeness (QED) is 0.832. The average Bonchev–Trinajstić information content (AvgIpc) is 3.30. The Morgan fingerprint density at radius 3 is 2.55 bits per heavy atom. The molecule has 0 heterocycles. The molecule has 0 saturated heterocycles. The van der Waals surface area contributed by atoms with E-state index in [0.717, 1.165) is 28.3 Å². The van der Waals surface area contributed by atoms with Crippen LogP contribution >= 0.6 is 0 Å². The Labute approximate surface area is 132 Å². The average molecular weight is 324 g/mol. The lowest BCUT2D eigenvalue weighted by Crippen LogP contribution is -2.40. The molecule has 0 aliphatic heterocycles. The number of carbonyl (C=O) groups excluding carboxylic acids is 1. The Morgan fingerprint density at radius 2 is 2.00 bits per heavy atom. The number of nitrogens with one attached hydrogen (secondary N) is 1. The zero-order valence-corrected chi connectivity index (χ0v) is 14.2. The normalized spacial score (nSPS) is 16.5. The summed E-state index contributed by atoms with van der Waals surface area (Å²) in [6.07, 6.45) is 2.20. The second kappa shape index (κ2) is 6.79. The fourth-order valence-electron chi connectivity index (χ4n) is 2.55. The van der Waals surface area contributed by atoms with Crippen molar-refractivity contribution in [3.63, 3.8) is 0 Å². The van der Waals surface area contributed by atoms with Gasteiger partial charge < -0.3 is 5.32 Å². The standard InChI is InChI=1S/C16H24N2O3S/c1-4-22(20,21)18(3)11-15(19)17-16(13-9-10-13)14-8-6-5-7-12(14)2/h5-8,13,16H,4,9-11H2,1-3H3,(H,17,19)/t16-/m0/s1. The molecule has 6 heteroatoms. The van der Waals surface area contributed by atoms with Crippen LogP contribution in [-0.2, 0) is 14.8 Å². The Morgan fingerprint density at radius 1 is 1.36 bits per heavy atom. The van der Waals surface area contributed by atoms with E-state index in [0.29, 0.717) is 5.92 Å². The van der Waals surface area contributed by atoms with Crippen LogP contribution in [0.4, 0.5) is 0 Å². The van der Waals surface area contributed by atoms with Crippen molar-refractivity contribution in [3.8, 4) is 0 Å². The van der Waals surface area contributed by atoms with Crippen LogP contribution in [0.3, 0.4) is 0 Å². The molecule has 1 aliphatic carbocycles. The predicted molar refractivity (Wildman–Crippen MR) is 86.9 cm³/mol. The van der Waals surface area contributed by atoms with Gasteiger partial charge in [-0.05, 0) is 43.7 Å². The number of aryl methyl sites for hydroxylation is 1. The van der Waals surface area contributed by atoms with Crippen molar-refractivity contribution in [2.75, 3.05) is 19.3 Å². The Hall–Kier alpha value is -1.40. The largest absolute Gasteiger partial charge is 0.348 e. The molecule has 22 heavy (non-hydrogen) atoms. The second-order valence-corrected chi connectivity index (χ2v) is 8.26. The summed E-state index contributed by atoms with van der Waals surface area (Å²) < 4.78 is 24.6. The lowest BCUT2D eigenvalue weighted by molar-refractivity contribution is -0.122. The molecule has 1 fully saturated rings. The van der Waals surface area contributed by atoms with Gasteiger partial charge in [0.1, 0.15) is 0 Å². The number of benzene rings is 1. The number of carbonyl (C=O) groups is 1. The van der Waals surface area contributed by atoms with E-state index in [-0.39, 0.29) is 24.2 Å². The molecule has 0 unspecified atom stereocenters. The topological polar surface area (TPSA) is 66.5 Å². The van der Waals surface area contributed by atoms with Crippen LogP contribution in [-0.4, -0.2) is 38.0 Å². The van der Waals surface area contributed by atoms with Crippen molar-refractivity contribution in [2.45, 2.75) is 32.7 Å². The third-order valence-corrected chi connectivity index (χ3v) is 5.95. The van der Waals surface area contributed by atoms with Crippen molar-refractivity contribution in [2.24, 2.45) is 5.92 Å². The van der Waals surface area contributed by atoms with Crippen LogP contribution in [0.5, 0.6) is 0 Å². The summed E-state index contributed by atoms with van der Waals surface area (Å²) in [5, 5.41) is 3.02. The summed E-state index contributed by atoms with van der Waals surface area (Å²) in [6, 6.07) is 7.99. The molecule has 0 radical (unpaired) electrons. The molecule has 0 bridgehead atoms. The minimum atomic E-state index is -3.33. The van der Waals surface area contributed by atoms with E-state index in [1.54, 1.807) is 6.92 Å². The van der Waals surface area contributed by atoms with E-state index in [1.807, 2.05) is 31.2 Å². The second-order valence-electron chi connectivity index (χ2n) is 5.90. The van der Waals surface area contributed by atoms with E-state index in [2.05, 4.69) is 5.32 Å². The van der Waals surface area contributed by atoms with Gasteiger partial charge in [-0.25, -0.2) is 8.42 Å². The van der Waals surface area contributed by atoms with E-state index in [9.17, 15) is 13.2 Å². The minimum absolute atomic E-state index is 0.000622. The van der Waals surface area contributed by atoms with E-state index < -0.39 is 10.0 Å². The van der Waals surface area contributed by atoms with Crippen LogP contribution in [0.25, 0.3) is 0 Å². The maximum absolute atomic E-state index is 12.2. The lowest BCUT2D eigenvalue weighted by atomic mass is 9.97. The Balaban J connectivity index is 2.06. The van der Waals surface area contributed by atoms with Gasteiger partial charge in [-0.2, -0.15) is 4.31 Å². The van der Waals surface area contributed by atoms with Gasteiger partial charge in [0.15, 0.2) is 0 Å². The molecule has 1 saturated carbocycles. The summed E-state index contributed by atoms with van der Waals surface area (Å²) in [6.45, 7) is 3.47. The maximum Gasteiger partial charge on any atom is 0.235 e. The summed E-state index contributed by atoms with van der Waals surface area (Å²) in [4.78, 5) is 12.2. The van der Waals surface area contributed by atoms with E-state index in [1.165, 1.54) is 7.05 Å². The first kappa shape index (κ1) is 17.0. The molecule has 0 aromatic heterocycles. The van der Waals surface area contributed by atoms with Gasteiger partial charge in [-0.1, -0.05) is 24.3 Å². The molecule has 1 aromatic carbocycles. The van der Waals surface area contributed by atoms with Gasteiger partial charge in [0.25, 0.3) is 0 Å². The molecule has 0 spiro atoms. The predicted octanol–water partition coefficient (Wildman–Crippen LogP) is 1.84. The molecule has 1 N–H and O–H groups in total. The van der Waals surface area contributed by atoms with Crippen LogP contribution in [0, 0.1) is 12.8 Å². The first-order chi connectivity index (χ1) is 10.3. The Bertz CT molecular complexity index is 639. The van der Waals surface area contributed by atoms with Crippen molar-refractivity contribution < 1.29 is 13.2 Å². The van der Waals surface area contributed by atoms with Crippen molar-refractivity contribution in [1.29, 1.82) is 0 Å². The van der Waals surface area contributed by atoms with Crippen LogP contribution < -0.4 is 5.32 Å². The molecular weight excluding hydrogens is 300 g/mol. The van der Waals surface area contributed by atoms with Crippen molar-refractivity contribution >= 4 is 15.9 Å². The van der Waals surface area contributed by atoms with Crippen LogP contribution in [0.15, 0.2) is 24.3 Å². The van der Waals surface area contributed by atoms with Crippen molar-refractivity contribution in [3.05, 3.63) is 35.4 Å². The molecule has 1 aliphatic rings. The van der Waals surface area contributed by atoms with Gasteiger partial charge in [-0.3, -0.25) is 4.79 Å². The minimum Gasteiger partial charge on any atom is -0.348 e. The third-order valence-electron chi connectivity index (χ3n) is 4.14. The smallest absolute Gasteiger partial charge is 0.235 e. The van der Waals surface area contributed by atoms with Crippen molar-refractivity contribution in [1.82, 2.24) is 9.62 Å². The van der Waals surface area contributed by atoms with Gasteiger partial charge in [0.05, 0.1) is 18.3 Å². The molecule has 122 valence electrons. The highest BCUT2D eigenvalue weighted by Crippen LogP contribution is 2.41. The first-order valence-electron chi connectivity index (χ1n) is 7.64. The number of nitrogens with zero attached hydrogens (tertiary/aromatic N) is 1. The van der Waals surface area contributed by atoms with Crippen LogP contribution in [0.1, 0.15) is 36.9 Å². The zero-order chi connectivity index (χ0) is 16.3. The monoisotopic (exact) mass is 324 g/mol. The molecule has 2 rings (SSSR count). The fraction of sp³-hybridized carbons (Fsp3) is 0.562. The highest BCUT2D eigenvalue weighted by atomic mass is 32.2. The number of sulfonamides is 1. The number of amides is 1. The number of hydrogen-bond donors (Lipinski definition) is 1. The maximum atomic E-state index is 12.2. The van der Waals surface area contributed by atoms with Gasteiger partial charge in [0.2, 0.25) is 15.9 Å². The zero-order valence-electron chi connectivity index (χ0n) is 13.4. The van der Waals surface area contributed by atoms with E-state index >= 15 is 0 Å². The molecule has 1 atom stereocenters. The van der Waals surface area contributed by atoms with Crippen LogP contribution in [0.2, 0.25) is 0 Å². The molecule has 1 aromatic rings.